The lowest BCUT2D eigenvalue weighted by molar-refractivity contribution is 0.336. The van der Waals surface area contributed by atoms with E-state index < -0.39 is 6.49 Å². The highest BCUT2D eigenvalue weighted by Crippen LogP contribution is 2.50. The lowest BCUT2D eigenvalue weighted by atomic mass is 10.2. The second-order valence-corrected chi connectivity index (χ2v) is 7.61. The van der Waals surface area contributed by atoms with Crippen LogP contribution in [0.1, 0.15) is 5.56 Å². The largest absolute Gasteiger partial charge is 0.332 e. The first-order valence-electron chi connectivity index (χ1n) is 4.04. The van der Waals surface area contributed by atoms with Gasteiger partial charge in [0.05, 0.1) is 0 Å². The van der Waals surface area contributed by atoms with Gasteiger partial charge in [-0.3, -0.25) is 0 Å². The maximum absolute atomic E-state index is 5.27. The van der Waals surface area contributed by atoms with Crippen LogP contribution in [0.3, 0.4) is 0 Å². The maximum atomic E-state index is 5.27. The van der Waals surface area contributed by atoms with Crippen LogP contribution in [-0.2, 0) is 27.0 Å². The van der Waals surface area contributed by atoms with Crippen LogP contribution in [0.5, 0.6) is 0 Å². The van der Waals surface area contributed by atoms with Crippen molar-refractivity contribution in [3.63, 3.8) is 0 Å². The molecule has 0 aromatic heterocycles. The first kappa shape index (κ1) is 12.3. The summed E-state index contributed by atoms with van der Waals surface area (Å²) in [4.78, 5) is 0. The van der Waals surface area contributed by atoms with Crippen LogP contribution in [-0.4, -0.2) is 14.2 Å². The zero-order chi connectivity index (χ0) is 10.6. The average Bonchev–Trinajstić information content (AvgIpc) is 2.21. The quantitative estimate of drug-likeness (QED) is 0.791. The van der Waals surface area contributed by atoms with E-state index >= 15 is 0 Å². The topological polar surface area (TPSA) is 18.5 Å². The van der Waals surface area contributed by atoms with Crippen molar-refractivity contribution in [1.29, 1.82) is 0 Å². The maximum Gasteiger partial charge on any atom is 0.192 e. The zero-order valence-corrected chi connectivity index (χ0v) is 11.4. The summed E-state index contributed by atoms with van der Waals surface area (Å²) < 4.78 is 11.5. The SMILES string of the molecule is COP(=S)(Cc1ccc(Br)cc1)OC. The Balaban J connectivity index is 2.78. The Kier molecular flexibility index (Phi) is 4.74. The van der Waals surface area contributed by atoms with Crippen LogP contribution in [0.2, 0.25) is 0 Å². The van der Waals surface area contributed by atoms with E-state index in [4.69, 9.17) is 20.9 Å². The van der Waals surface area contributed by atoms with Crippen LogP contribution < -0.4 is 0 Å². The van der Waals surface area contributed by atoms with Crippen LogP contribution in [0, 0.1) is 0 Å². The Bertz CT molecular complexity index is 331. The zero-order valence-electron chi connectivity index (χ0n) is 8.07. The summed E-state index contributed by atoms with van der Waals surface area (Å²) >= 11 is 8.65. The van der Waals surface area contributed by atoms with E-state index in [0.29, 0.717) is 6.16 Å². The van der Waals surface area contributed by atoms with Crippen molar-refractivity contribution in [1.82, 2.24) is 0 Å². The monoisotopic (exact) mass is 294 g/mol. The predicted molar refractivity (Wildman–Crippen MR) is 66.1 cm³/mol. The molecule has 0 fully saturated rings. The van der Waals surface area contributed by atoms with E-state index in [9.17, 15) is 0 Å². The van der Waals surface area contributed by atoms with E-state index in [1.807, 2.05) is 24.3 Å². The molecule has 1 aromatic rings. The second-order valence-electron chi connectivity index (χ2n) is 2.76. The first-order valence-corrected chi connectivity index (χ1v) is 7.66. The Hall–Kier alpha value is 0.270. The normalized spacial score (nSPS) is 11.6. The molecule has 0 aliphatic rings. The van der Waals surface area contributed by atoms with Gasteiger partial charge in [0.15, 0.2) is 6.49 Å². The highest BCUT2D eigenvalue weighted by molar-refractivity contribution is 9.10. The molecule has 0 N–H and O–H groups in total. The molecule has 0 heterocycles. The average molecular weight is 295 g/mol. The van der Waals surface area contributed by atoms with Crippen LogP contribution >= 0.6 is 22.4 Å². The number of hydrogen-bond donors (Lipinski definition) is 0. The molecular weight excluding hydrogens is 283 g/mol. The molecule has 0 aliphatic heterocycles. The van der Waals surface area contributed by atoms with Crippen molar-refractivity contribution in [3.8, 4) is 0 Å². The molecule has 0 atom stereocenters. The second kappa shape index (κ2) is 5.38. The molecule has 0 saturated heterocycles. The summed E-state index contributed by atoms with van der Waals surface area (Å²) in [5.41, 5.74) is 1.14. The molecular formula is C9H12BrO2PS. The smallest absolute Gasteiger partial charge is 0.192 e. The van der Waals surface area contributed by atoms with E-state index in [-0.39, 0.29) is 0 Å². The molecule has 78 valence electrons. The van der Waals surface area contributed by atoms with Gasteiger partial charge in [-0.15, -0.1) is 0 Å². The van der Waals surface area contributed by atoms with Gasteiger partial charge in [0, 0.05) is 24.9 Å². The fraction of sp³-hybridized carbons (Fsp3) is 0.333. The molecule has 0 amide bonds. The van der Waals surface area contributed by atoms with Crippen molar-refractivity contribution in [2.45, 2.75) is 6.16 Å². The minimum atomic E-state index is -2.10. The summed E-state index contributed by atoms with van der Waals surface area (Å²) in [5, 5.41) is 0. The molecule has 0 unspecified atom stereocenters. The van der Waals surface area contributed by atoms with E-state index in [2.05, 4.69) is 15.9 Å². The van der Waals surface area contributed by atoms with Gasteiger partial charge in [-0.05, 0) is 29.5 Å². The number of halogens is 1. The summed E-state index contributed by atoms with van der Waals surface area (Å²) in [6, 6.07) is 8.01. The highest BCUT2D eigenvalue weighted by Gasteiger charge is 2.15. The summed E-state index contributed by atoms with van der Waals surface area (Å²) in [7, 11) is 3.20. The number of hydrogen-bond acceptors (Lipinski definition) is 3. The van der Waals surface area contributed by atoms with Crippen LogP contribution in [0.15, 0.2) is 28.7 Å². The van der Waals surface area contributed by atoms with Crippen molar-refractivity contribution in [2.75, 3.05) is 14.2 Å². The van der Waals surface area contributed by atoms with Gasteiger partial charge in [-0.25, -0.2) is 0 Å². The van der Waals surface area contributed by atoms with Crippen molar-refractivity contribution in [2.24, 2.45) is 0 Å². The Labute approximate surface area is 97.9 Å². The molecule has 1 rings (SSSR count). The minimum Gasteiger partial charge on any atom is -0.332 e. The predicted octanol–water partition coefficient (Wildman–Crippen LogP) is 3.55. The Morgan fingerprint density at radius 3 is 2.14 bits per heavy atom. The lowest BCUT2D eigenvalue weighted by Gasteiger charge is -2.17. The van der Waals surface area contributed by atoms with Gasteiger partial charge in [0.2, 0.25) is 0 Å². The summed E-state index contributed by atoms with van der Waals surface area (Å²) in [6.07, 6.45) is 0.669. The van der Waals surface area contributed by atoms with Gasteiger partial charge in [-0.2, -0.15) is 0 Å². The minimum absolute atomic E-state index is 0.669. The Morgan fingerprint density at radius 1 is 1.21 bits per heavy atom. The molecule has 0 bridgehead atoms. The third kappa shape index (κ3) is 3.44. The molecule has 14 heavy (non-hydrogen) atoms. The van der Waals surface area contributed by atoms with Crippen molar-refractivity contribution < 1.29 is 9.05 Å². The molecule has 5 heteroatoms. The van der Waals surface area contributed by atoms with Crippen LogP contribution in [0.25, 0.3) is 0 Å². The molecule has 0 spiro atoms. The van der Waals surface area contributed by atoms with Crippen LogP contribution in [0.4, 0.5) is 0 Å². The molecule has 0 aliphatic carbocycles. The van der Waals surface area contributed by atoms with Crippen molar-refractivity contribution in [3.05, 3.63) is 34.3 Å². The van der Waals surface area contributed by atoms with Gasteiger partial charge in [0.25, 0.3) is 0 Å². The molecule has 2 nitrogen and oxygen atoms in total. The molecule has 0 radical (unpaired) electrons. The van der Waals surface area contributed by atoms with E-state index in [0.717, 1.165) is 10.0 Å². The Morgan fingerprint density at radius 2 is 1.71 bits per heavy atom. The fourth-order valence-electron chi connectivity index (χ4n) is 1.02. The standard InChI is InChI=1S/C9H12BrO2PS/c1-11-13(14,12-2)7-8-3-5-9(10)6-4-8/h3-6H,7H2,1-2H3. The third-order valence-corrected chi connectivity index (χ3v) is 5.52. The first-order chi connectivity index (χ1) is 6.59. The van der Waals surface area contributed by atoms with Gasteiger partial charge in [-0.1, -0.05) is 28.1 Å². The van der Waals surface area contributed by atoms with Gasteiger partial charge in [0.1, 0.15) is 0 Å². The molecule has 1 aromatic carbocycles. The van der Waals surface area contributed by atoms with E-state index in [1.54, 1.807) is 14.2 Å². The highest BCUT2D eigenvalue weighted by atomic mass is 79.9. The summed E-state index contributed by atoms with van der Waals surface area (Å²) in [5.74, 6) is 0. The fourth-order valence-corrected chi connectivity index (χ4v) is 2.79. The summed E-state index contributed by atoms with van der Waals surface area (Å²) in [6.45, 7) is -2.10. The lowest BCUT2D eigenvalue weighted by Crippen LogP contribution is -1.92. The number of rotatable bonds is 4. The third-order valence-electron chi connectivity index (χ3n) is 1.85. The molecule has 0 saturated carbocycles. The van der Waals surface area contributed by atoms with Crippen molar-refractivity contribution >= 4 is 34.2 Å². The van der Waals surface area contributed by atoms with Gasteiger partial charge >= 0.3 is 0 Å². The number of benzene rings is 1. The van der Waals surface area contributed by atoms with Gasteiger partial charge < -0.3 is 9.05 Å². The van der Waals surface area contributed by atoms with E-state index in [1.165, 1.54) is 0 Å².